The van der Waals surface area contributed by atoms with Gasteiger partial charge in [-0.25, -0.2) is 4.79 Å². The van der Waals surface area contributed by atoms with E-state index in [-0.39, 0.29) is 11.3 Å². The second-order valence-corrected chi connectivity index (χ2v) is 4.02. The van der Waals surface area contributed by atoms with E-state index in [9.17, 15) is 24.8 Å². The molecule has 0 bridgehead atoms. The molecule has 0 unspecified atom stereocenters. The summed E-state index contributed by atoms with van der Waals surface area (Å²) >= 11 is 0. The van der Waals surface area contributed by atoms with E-state index in [0.717, 1.165) is 13.2 Å². The highest BCUT2D eigenvalue weighted by molar-refractivity contribution is 5.97. The maximum absolute atomic E-state index is 11.9. The van der Waals surface area contributed by atoms with Gasteiger partial charge >= 0.3 is 5.97 Å². The van der Waals surface area contributed by atoms with Gasteiger partial charge in [-0.3, -0.25) is 14.9 Å². The predicted molar refractivity (Wildman–Crippen MR) is 68.0 cm³/mol. The Balaban J connectivity index is 2.92. The van der Waals surface area contributed by atoms with E-state index in [1.807, 2.05) is 0 Å². The van der Waals surface area contributed by atoms with Gasteiger partial charge in [0.05, 0.1) is 18.1 Å². The molecule has 0 aliphatic carbocycles. The molecule has 0 radical (unpaired) electrons. The molecule has 8 heteroatoms. The first-order chi connectivity index (χ1) is 9.36. The molecule has 0 aliphatic rings. The van der Waals surface area contributed by atoms with E-state index in [1.165, 1.54) is 25.1 Å². The van der Waals surface area contributed by atoms with Gasteiger partial charge in [0.25, 0.3) is 11.6 Å². The van der Waals surface area contributed by atoms with Crippen molar-refractivity contribution in [2.75, 3.05) is 7.11 Å². The Morgan fingerprint density at radius 1 is 1.45 bits per heavy atom. The number of benzene rings is 1. The number of aliphatic hydroxyl groups is 1. The van der Waals surface area contributed by atoms with E-state index >= 15 is 0 Å². The van der Waals surface area contributed by atoms with E-state index in [4.69, 9.17) is 0 Å². The van der Waals surface area contributed by atoms with Crippen molar-refractivity contribution in [1.29, 1.82) is 0 Å². The van der Waals surface area contributed by atoms with E-state index in [1.54, 1.807) is 0 Å². The van der Waals surface area contributed by atoms with Crippen LogP contribution in [0, 0.1) is 10.1 Å². The normalized spacial score (nSPS) is 13.2. The molecular formula is C12H14N2O6. The van der Waals surface area contributed by atoms with Crippen LogP contribution in [-0.2, 0) is 9.53 Å². The summed E-state index contributed by atoms with van der Waals surface area (Å²) in [6, 6.07) is 3.78. The lowest BCUT2D eigenvalue weighted by molar-refractivity contribution is -0.384. The molecule has 1 rings (SSSR count). The highest BCUT2D eigenvalue weighted by atomic mass is 16.6. The van der Waals surface area contributed by atoms with Crippen molar-refractivity contribution >= 4 is 17.6 Å². The monoisotopic (exact) mass is 282 g/mol. The summed E-state index contributed by atoms with van der Waals surface area (Å²) in [4.78, 5) is 33.3. The number of carbonyl (C=O) groups excluding carboxylic acids is 2. The van der Waals surface area contributed by atoms with Crippen molar-refractivity contribution in [3.05, 3.63) is 39.9 Å². The van der Waals surface area contributed by atoms with Crippen LogP contribution in [0.4, 0.5) is 5.69 Å². The summed E-state index contributed by atoms with van der Waals surface area (Å²) in [6.45, 7) is 1.31. The lowest BCUT2D eigenvalue weighted by atomic mass is 10.1. The summed E-state index contributed by atoms with van der Waals surface area (Å²) in [5.74, 6) is -1.52. The zero-order chi connectivity index (χ0) is 15.3. The van der Waals surface area contributed by atoms with Gasteiger partial charge in [-0.15, -0.1) is 0 Å². The van der Waals surface area contributed by atoms with Crippen LogP contribution in [0.5, 0.6) is 0 Å². The Kier molecular flexibility index (Phi) is 5.15. The lowest BCUT2D eigenvalue weighted by Gasteiger charge is -2.18. The van der Waals surface area contributed by atoms with Crippen LogP contribution >= 0.6 is 0 Å². The van der Waals surface area contributed by atoms with E-state index in [2.05, 4.69) is 10.1 Å². The maximum Gasteiger partial charge on any atom is 0.331 e. The number of hydrogen-bond acceptors (Lipinski definition) is 6. The van der Waals surface area contributed by atoms with Crippen molar-refractivity contribution in [1.82, 2.24) is 5.32 Å². The van der Waals surface area contributed by atoms with Crippen LogP contribution in [0.1, 0.15) is 17.3 Å². The van der Waals surface area contributed by atoms with Crippen LogP contribution in [0.3, 0.4) is 0 Å². The van der Waals surface area contributed by atoms with Crippen molar-refractivity contribution in [2.24, 2.45) is 0 Å². The zero-order valence-electron chi connectivity index (χ0n) is 10.9. The van der Waals surface area contributed by atoms with E-state index < -0.39 is 28.9 Å². The number of nitro groups is 1. The fourth-order valence-corrected chi connectivity index (χ4v) is 1.49. The molecule has 20 heavy (non-hydrogen) atoms. The van der Waals surface area contributed by atoms with Crippen molar-refractivity contribution in [2.45, 2.75) is 19.1 Å². The molecule has 0 heterocycles. The Bertz CT molecular complexity index is 528. The first-order valence-corrected chi connectivity index (χ1v) is 5.68. The number of nitrogens with zero attached hydrogens (tertiary/aromatic N) is 1. The van der Waals surface area contributed by atoms with Crippen LogP contribution in [-0.4, -0.2) is 41.2 Å². The fraction of sp³-hybridized carbons (Fsp3) is 0.333. The van der Waals surface area contributed by atoms with Gasteiger partial charge in [0.1, 0.15) is 0 Å². The first-order valence-electron chi connectivity index (χ1n) is 5.68. The van der Waals surface area contributed by atoms with Crippen molar-refractivity contribution in [3.8, 4) is 0 Å². The predicted octanol–water partition coefficient (Wildman–Crippen LogP) is 0.247. The molecule has 1 aromatic carbocycles. The van der Waals surface area contributed by atoms with Crippen molar-refractivity contribution < 1.29 is 24.4 Å². The highest BCUT2D eigenvalue weighted by Gasteiger charge is 2.27. The molecule has 2 atom stereocenters. The second-order valence-electron chi connectivity index (χ2n) is 4.02. The summed E-state index contributed by atoms with van der Waals surface area (Å²) in [6.07, 6.45) is -1.16. The molecule has 1 aromatic rings. The Morgan fingerprint density at radius 3 is 2.60 bits per heavy atom. The molecule has 0 aliphatic heterocycles. The second kappa shape index (κ2) is 6.62. The quantitative estimate of drug-likeness (QED) is 0.454. The summed E-state index contributed by atoms with van der Waals surface area (Å²) < 4.78 is 4.45. The SMILES string of the molecule is COC(=O)[C@H](NC(=O)c1cccc([N+](=O)[O-])c1)[C@H](C)O. The molecule has 0 fully saturated rings. The molecule has 1 amide bonds. The Hall–Kier alpha value is -2.48. The first kappa shape index (κ1) is 15.6. The van der Waals surface area contributed by atoms with Crippen LogP contribution in [0.25, 0.3) is 0 Å². The van der Waals surface area contributed by atoms with Gasteiger partial charge in [-0.1, -0.05) is 6.07 Å². The number of carbonyl (C=O) groups is 2. The number of ether oxygens (including phenoxy) is 1. The third-order valence-corrected chi connectivity index (χ3v) is 2.54. The fourth-order valence-electron chi connectivity index (χ4n) is 1.49. The summed E-state index contributed by atoms with van der Waals surface area (Å²) in [7, 11) is 1.12. The summed E-state index contributed by atoms with van der Waals surface area (Å²) in [5, 5.41) is 22.3. The molecule has 108 valence electrons. The zero-order valence-corrected chi connectivity index (χ0v) is 10.9. The molecule has 0 aromatic heterocycles. The average molecular weight is 282 g/mol. The Labute approximate surface area is 114 Å². The lowest BCUT2D eigenvalue weighted by Crippen LogP contribution is -2.48. The minimum Gasteiger partial charge on any atom is -0.467 e. The van der Waals surface area contributed by atoms with E-state index in [0.29, 0.717) is 0 Å². The molecule has 0 spiro atoms. The average Bonchev–Trinajstić information content (AvgIpc) is 2.43. The topological polar surface area (TPSA) is 119 Å². The van der Waals surface area contributed by atoms with Gasteiger partial charge in [0.15, 0.2) is 6.04 Å². The van der Waals surface area contributed by atoms with Crippen LogP contribution in [0.2, 0.25) is 0 Å². The molecule has 0 saturated carbocycles. The highest BCUT2D eigenvalue weighted by Crippen LogP contribution is 2.13. The number of amides is 1. The number of methoxy groups -OCH3 is 1. The van der Waals surface area contributed by atoms with Gasteiger partial charge < -0.3 is 15.2 Å². The van der Waals surface area contributed by atoms with Gasteiger partial charge in [0.2, 0.25) is 0 Å². The number of rotatable bonds is 5. The minimum atomic E-state index is -1.24. The number of non-ortho nitro benzene ring substituents is 1. The van der Waals surface area contributed by atoms with Gasteiger partial charge in [-0.05, 0) is 13.0 Å². The number of esters is 1. The number of aliphatic hydroxyl groups excluding tert-OH is 1. The summed E-state index contributed by atoms with van der Waals surface area (Å²) in [5.41, 5.74) is -0.238. The third kappa shape index (κ3) is 3.75. The molecule has 2 N–H and O–H groups in total. The standard InChI is InChI=1S/C12H14N2O6/c1-7(15)10(12(17)20-2)13-11(16)8-4-3-5-9(6-8)14(18)19/h3-7,10,15H,1-2H3,(H,13,16)/t7-,10+/m0/s1. The van der Waals surface area contributed by atoms with Gasteiger partial charge in [0, 0.05) is 17.7 Å². The molecule has 0 saturated heterocycles. The maximum atomic E-state index is 11.9. The third-order valence-electron chi connectivity index (χ3n) is 2.54. The van der Waals surface area contributed by atoms with Crippen LogP contribution in [0.15, 0.2) is 24.3 Å². The number of hydrogen-bond donors (Lipinski definition) is 2. The number of nitrogens with one attached hydrogen (secondary N) is 1. The molecular weight excluding hydrogens is 268 g/mol. The molecule has 8 nitrogen and oxygen atoms in total. The Morgan fingerprint density at radius 2 is 2.10 bits per heavy atom. The smallest absolute Gasteiger partial charge is 0.331 e. The van der Waals surface area contributed by atoms with Crippen molar-refractivity contribution in [3.63, 3.8) is 0 Å². The van der Waals surface area contributed by atoms with Crippen LogP contribution < -0.4 is 5.32 Å². The van der Waals surface area contributed by atoms with Gasteiger partial charge in [-0.2, -0.15) is 0 Å². The number of nitro benzene ring substituents is 1. The minimum absolute atomic E-state index is 0.00810. The largest absolute Gasteiger partial charge is 0.467 e.